The third kappa shape index (κ3) is 5.68. The Morgan fingerprint density at radius 1 is 1.44 bits per heavy atom. The van der Waals surface area contributed by atoms with Crippen molar-refractivity contribution in [2.24, 2.45) is 5.92 Å². The molecule has 1 aliphatic heterocycles. The third-order valence-corrected chi connectivity index (χ3v) is 3.07. The molecule has 0 amide bonds. The van der Waals surface area contributed by atoms with E-state index in [9.17, 15) is 13.2 Å². The molecule has 2 fully saturated rings. The van der Waals surface area contributed by atoms with E-state index < -0.39 is 12.1 Å². The van der Waals surface area contributed by atoms with Crippen LogP contribution in [0.25, 0.3) is 0 Å². The molecule has 0 aromatic rings. The summed E-state index contributed by atoms with van der Waals surface area (Å²) in [6.45, 7) is 7.33. The summed E-state index contributed by atoms with van der Waals surface area (Å²) in [6, 6.07) is 0.768. The van der Waals surface area contributed by atoms with Crippen LogP contribution in [0.2, 0.25) is 0 Å². The van der Waals surface area contributed by atoms with Gasteiger partial charge in [-0.05, 0) is 25.7 Å². The fraction of sp³-hybridized carbons (Fsp3) is 0.909. The van der Waals surface area contributed by atoms with Gasteiger partial charge >= 0.3 is 12.1 Å². The number of piperazine rings is 1. The lowest BCUT2D eigenvalue weighted by molar-refractivity contribution is -0.192. The number of alkyl halides is 3. The van der Waals surface area contributed by atoms with Crippen molar-refractivity contribution in [2.45, 2.75) is 32.0 Å². The first kappa shape index (κ1) is 15.2. The standard InChI is InChI=1S/C9H18N2.C2HF3O2/c1-8-6-10-4-5-11(8)7-9-2-3-9;3-2(4,5)1(6)7/h8-10H,2-7H2,1H3;(H,6,7)/t8-;/m1./s1. The number of nitrogens with zero attached hydrogens (tertiary/aromatic N) is 1. The quantitative estimate of drug-likeness (QED) is 0.793. The second-order valence-electron chi connectivity index (χ2n) is 4.79. The number of carboxylic acids is 1. The molecule has 1 atom stereocenters. The normalized spacial score (nSPS) is 25.2. The largest absolute Gasteiger partial charge is 0.490 e. The summed E-state index contributed by atoms with van der Waals surface area (Å²) in [5.41, 5.74) is 0. The first-order valence-corrected chi connectivity index (χ1v) is 6.05. The smallest absolute Gasteiger partial charge is 0.475 e. The van der Waals surface area contributed by atoms with E-state index in [0.717, 1.165) is 12.0 Å². The Kier molecular flexibility index (Phi) is 5.40. The molecule has 0 aromatic carbocycles. The number of aliphatic carboxylic acids is 1. The molecule has 1 aliphatic carbocycles. The van der Waals surface area contributed by atoms with Gasteiger partial charge in [-0.1, -0.05) is 0 Å². The summed E-state index contributed by atoms with van der Waals surface area (Å²) in [5, 5.41) is 10.5. The summed E-state index contributed by atoms with van der Waals surface area (Å²) in [6.07, 6.45) is -2.12. The van der Waals surface area contributed by atoms with Crippen molar-refractivity contribution in [3.05, 3.63) is 0 Å². The maximum atomic E-state index is 10.6. The SMILES string of the molecule is C[C@@H]1CNCCN1CC1CC1.O=C(O)C(F)(F)F. The lowest BCUT2D eigenvalue weighted by Crippen LogP contribution is -2.50. The van der Waals surface area contributed by atoms with Crippen molar-refractivity contribution in [2.75, 3.05) is 26.2 Å². The Labute approximate surface area is 104 Å². The Morgan fingerprint density at radius 3 is 2.39 bits per heavy atom. The van der Waals surface area contributed by atoms with Crippen molar-refractivity contribution in [1.82, 2.24) is 10.2 Å². The van der Waals surface area contributed by atoms with Crippen molar-refractivity contribution in [3.63, 3.8) is 0 Å². The minimum atomic E-state index is -5.08. The molecule has 0 spiro atoms. The molecule has 0 radical (unpaired) electrons. The molecule has 2 N–H and O–H groups in total. The summed E-state index contributed by atoms with van der Waals surface area (Å²) >= 11 is 0. The number of nitrogens with one attached hydrogen (secondary N) is 1. The zero-order valence-corrected chi connectivity index (χ0v) is 10.3. The van der Waals surface area contributed by atoms with Gasteiger partial charge in [0.25, 0.3) is 0 Å². The Balaban J connectivity index is 0.000000203. The van der Waals surface area contributed by atoms with E-state index in [-0.39, 0.29) is 0 Å². The average Bonchev–Trinajstić information content (AvgIpc) is 3.05. The predicted molar refractivity (Wildman–Crippen MR) is 60.3 cm³/mol. The van der Waals surface area contributed by atoms with Crippen molar-refractivity contribution < 1.29 is 23.1 Å². The highest BCUT2D eigenvalue weighted by atomic mass is 19.4. The zero-order valence-electron chi connectivity index (χ0n) is 10.3. The van der Waals surface area contributed by atoms with E-state index in [1.807, 2.05) is 0 Å². The van der Waals surface area contributed by atoms with Crippen molar-refractivity contribution in [3.8, 4) is 0 Å². The number of carboxylic acid groups (broad SMARTS) is 1. The molecule has 2 rings (SSSR count). The second kappa shape index (κ2) is 6.38. The van der Waals surface area contributed by atoms with Gasteiger partial charge in [-0.15, -0.1) is 0 Å². The molecular weight excluding hydrogens is 249 g/mol. The van der Waals surface area contributed by atoms with Gasteiger partial charge < -0.3 is 10.4 Å². The Bertz CT molecular complexity index is 280. The topological polar surface area (TPSA) is 52.6 Å². The molecule has 1 heterocycles. The lowest BCUT2D eigenvalue weighted by Gasteiger charge is -2.33. The number of hydrogen-bond acceptors (Lipinski definition) is 3. The summed E-state index contributed by atoms with van der Waals surface area (Å²) in [4.78, 5) is 11.5. The molecule has 0 aromatic heterocycles. The minimum absolute atomic E-state index is 0.768. The van der Waals surface area contributed by atoms with Crippen LogP contribution in [-0.2, 0) is 4.79 Å². The maximum Gasteiger partial charge on any atom is 0.490 e. The van der Waals surface area contributed by atoms with Crippen LogP contribution in [0.4, 0.5) is 13.2 Å². The minimum Gasteiger partial charge on any atom is -0.475 e. The van der Waals surface area contributed by atoms with Crippen LogP contribution in [0.1, 0.15) is 19.8 Å². The Hall–Kier alpha value is -0.820. The molecule has 106 valence electrons. The van der Waals surface area contributed by atoms with Crippen molar-refractivity contribution in [1.29, 1.82) is 0 Å². The summed E-state index contributed by atoms with van der Waals surface area (Å²) in [7, 11) is 0. The van der Waals surface area contributed by atoms with Crippen LogP contribution in [0, 0.1) is 5.92 Å². The van der Waals surface area contributed by atoms with E-state index in [0.29, 0.717) is 0 Å². The zero-order chi connectivity index (χ0) is 13.8. The maximum absolute atomic E-state index is 10.6. The van der Waals surface area contributed by atoms with Crippen LogP contribution in [0.3, 0.4) is 0 Å². The Morgan fingerprint density at radius 2 is 2.00 bits per heavy atom. The number of halogens is 3. The second-order valence-corrected chi connectivity index (χ2v) is 4.79. The fourth-order valence-electron chi connectivity index (χ4n) is 1.79. The van der Waals surface area contributed by atoms with Crippen LogP contribution in [0.15, 0.2) is 0 Å². The summed E-state index contributed by atoms with van der Waals surface area (Å²) in [5.74, 6) is -1.71. The average molecular weight is 268 g/mol. The predicted octanol–water partition coefficient (Wildman–Crippen LogP) is 1.32. The van der Waals surface area contributed by atoms with E-state index >= 15 is 0 Å². The van der Waals surface area contributed by atoms with Crippen LogP contribution < -0.4 is 5.32 Å². The van der Waals surface area contributed by atoms with Gasteiger partial charge in [-0.2, -0.15) is 13.2 Å². The van der Waals surface area contributed by atoms with Gasteiger partial charge in [-0.3, -0.25) is 4.90 Å². The van der Waals surface area contributed by atoms with Crippen LogP contribution in [-0.4, -0.2) is 54.4 Å². The molecular formula is C11H19F3N2O2. The monoisotopic (exact) mass is 268 g/mol. The van der Waals surface area contributed by atoms with Crippen LogP contribution >= 0.6 is 0 Å². The number of rotatable bonds is 2. The molecule has 1 saturated heterocycles. The molecule has 1 saturated carbocycles. The highest BCUT2D eigenvalue weighted by Crippen LogP contribution is 2.30. The van der Waals surface area contributed by atoms with Crippen LogP contribution in [0.5, 0.6) is 0 Å². The highest BCUT2D eigenvalue weighted by molar-refractivity contribution is 5.73. The molecule has 7 heteroatoms. The first-order chi connectivity index (χ1) is 8.30. The van der Waals surface area contributed by atoms with E-state index in [1.54, 1.807) is 0 Å². The third-order valence-electron chi connectivity index (χ3n) is 3.07. The van der Waals surface area contributed by atoms with E-state index in [1.165, 1.54) is 39.0 Å². The van der Waals surface area contributed by atoms with Gasteiger partial charge in [0.2, 0.25) is 0 Å². The molecule has 4 nitrogen and oxygen atoms in total. The van der Waals surface area contributed by atoms with E-state index in [4.69, 9.17) is 9.90 Å². The molecule has 2 aliphatic rings. The highest BCUT2D eigenvalue weighted by Gasteiger charge is 2.38. The molecule has 0 unspecified atom stereocenters. The first-order valence-electron chi connectivity index (χ1n) is 6.05. The number of hydrogen-bond donors (Lipinski definition) is 2. The van der Waals surface area contributed by atoms with Crippen molar-refractivity contribution >= 4 is 5.97 Å². The van der Waals surface area contributed by atoms with Gasteiger partial charge in [0.05, 0.1) is 0 Å². The van der Waals surface area contributed by atoms with Gasteiger partial charge in [0.15, 0.2) is 0 Å². The van der Waals surface area contributed by atoms with Gasteiger partial charge in [0, 0.05) is 32.2 Å². The number of carbonyl (C=O) groups is 1. The molecule has 0 bridgehead atoms. The van der Waals surface area contributed by atoms with E-state index in [2.05, 4.69) is 17.1 Å². The van der Waals surface area contributed by atoms with Gasteiger partial charge in [0.1, 0.15) is 0 Å². The van der Waals surface area contributed by atoms with Gasteiger partial charge in [-0.25, -0.2) is 4.79 Å². The molecule has 18 heavy (non-hydrogen) atoms. The summed E-state index contributed by atoms with van der Waals surface area (Å²) < 4.78 is 31.7. The fourth-order valence-corrected chi connectivity index (χ4v) is 1.79. The lowest BCUT2D eigenvalue weighted by atomic mass is 10.2.